The monoisotopic (exact) mass is 304 g/mol. The van der Waals surface area contributed by atoms with Crippen LogP contribution in [-0.4, -0.2) is 4.98 Å². The molecule has 2 aromatic rings. The number of aromatic nitrogens is 1. The lowest BCUT2D eigenvalue weighted by atomic mass is 10.2. The van der Waals surface area contributed by atoms with Gasteiger partial charge in [0.15, 0.2) is 0 Å². The lowest BCUT2D eigenvalue weighted by Crippen LogP contribution is -2.01. The third-order valence-corrected chi connectivity index (χ3v) is 3.44. The summed E-state index contributed by atoms with van der Waals surface area (Å²) in [6.07, 6.45) is 1.56. The van der Waals surface area contributed by atoms with Crippen molar-refractivity contribution < 1.29 is 4.39 Å². The first-order valence-electron chi connectivity index (χ1n) is 5.05. The molecule has 1 aromatic heterocycles. The van der Waals surface area contributed by atoms with Crippen LogP contribution in [0.2, 0.25) is 15.2 Å². The van der Waals surface area contributed by atoms with Gasteiger partial charge in [-0.15, -0.1) is 0 Å². The fraction of sp³-hybridized carbons (Fsp3) is 0.0833. The predicted octanol–water partition coefficient (Wildman–Crippen LogP) is 4.79. The van der Waals surface area contributed by atoms with Gasteiger partial charge in [0, 0.05) is 18.4 Å². The first-order chi connectivity index (χ1) is 8.58. The van der Waals surface area contributed by atoms with Crippen LogP contribution in [0.15, 0.2) is 30.5 Å². The van der Waals surface area contributed by atoms with Crippen molar-refractivity contribution in [2.75, 3.05) is 5.32 Å². The van der Waals surface area contributed by atoms with Crippen molar-refractivity contribution in [1.82, 2.24) is 4.98 Å². The smallest absolute Gasteiger partial charge is 0.147 e. The molecule has 1 N–H and O–H groups in total. The Hall–Kier alpha value is -1.03. The predicted molar refractivity (Wildman–Crippen MR) is 73.0 cm³/mol. The van der Waals surface area contributed by atoms with Crippen molar-refractivity contribution in [1.29, 1.82) is 0 Å². The number of pyridine rings is 1. The first kappa shape index (κ1) is 13.4. The van der Waals surface area contributed by atoms with E-state index in [-0.39, 0.29) is 10.2 Å². The number of hydrogen-bond donors (Lipinski definition) is 1. The fourth-order valence-electron chi connectivity index (χ4n) is 1.39. The highest BCUT2D eigenvalue weighted by atomic mass is 35.5. The third kappa shape index (κ3) is 3.05. The zero-order valence-electron chi connectivity index (χ0n) is 9.05. The van der Waals surface area contributed by atoms with Gasteiger partial charge in [-0.2, -0.15) is 0 Å². The van der Waals surface area contributed by atoms with Gasteiger partial charge in [-0.1, -0.05) is 34.8 Å². The van der Waals surface area contributed by atoms with Gasteiger partial charge in [-0.3, -0.25) is 0 Å². The Labute approximate surface area is 119 Å². The molecule has 0 bridgehead atoms. The summed E-state index contributed by atoms with van der Waals surface area (Å²) in [7, 11) is 0. The van der Waals surface area contributed by atoms with Crippen molar-refractivity contribution in [3.8, 4) is 0 Å². The highest BCUT2D eigenvalue weighted by Crippen LogP contribution is 2.24. The molecule has 1 aromatic carbocycles. The highest BCUT2D eigenvalue weighted by Gasteiger charge is 2.06. The Bertz CT molecular complexity index is 575. The van der Waals surface area contributed by atoms with Gasteiger partial charge in [0.25, 0.3) is 0 Å². The van der Waals surface area contributed by atoms with E-state index in [9.17, 15) is 4.39 Å². The van der Waals surface area contributed by atoms with Crippen LogP contribution in [0.3, 0.4) is 0 Å². The summed E-state index contributed by atoms with van der Waals surface area (Å²) in [5.74, 6) is -0.472. The summed E-state index contributed by atoms with van der Waals surface area (Å²) < 4.78 is 13.2. The summed E-state index contributed by atoms with van der Waals surface area (Å²) in [6.45, 7) is 0.419. The first-order valence-corrected chi connectivity index (χ1v) is 6.19. The molecule has 0 aliphatic carbocycles. The van der Waals surface area contributed by atoms with E-state index >= 15 is 0 Å². The lowest BCUT2D eigenvalue weighted by Gasteiger charge is -2.09. The number of benzene rings is 1. The molecule has 0 aliphatic rings. The largest absolute Gasteiger partial charge is 0.381 e. The molecule has 2 rings (SSSR count). The number of nitrogens with one attached hydrogen (secondary N) is 1. The van der Waals surface area contributed by atoms with Crippen LogP contribution in [0.1, 0.15) is 5.56 Å². The van der Waals surface area contributed by atoms with Crippen LogP contribution < -0.4 is 5.32 Å². The minimum atomic E-state index is -0.472. The van der Waals surface area contributed by atoms with E-state index in [0.717, 1.165) is 5.56 Å². The van der Waals surface area contributed by atoms with Gasteiger partial charge in [-0.25, -0.2) is 9.37 Å². The Kier molecular flexibility index (Phi) is 4.27. The van der Waals surface area contributed by atoms with E-state index in [1.54, 1.807) is 18.3 Å². The number of hydrogen-bond acceptors (Lipinski definition) is 2. The van der Waals surface area contributed by atoms with Gasteiger partial charge >= 0.3 is 0 Å². The Morgan fingerprint density at radius 3 is 2.67 bits per heavy atom. The number of rotatable bonds is 3. The molecule has 2 nitrogen and oxygen atoms in total. The van der Waals surface area contributed by atoms with E-state index < -0.39 is 5.82 Å². The van der Waals surface area contributed by atoms with Gasteiger partial charge in [-0.05, 0) is 29.8 Å². The van der Waals surface area contributed by atoms with Crippen LogP contribution >= 0.6 is 34.8 Å². The van der Waals surface area contributed by atoms with Crippen LogP contribution in [0, 0.1) is 5.82 Å². The average Bonchev–Trinajstić information content (AvgIpc) is 2.35. The zero-order valence-corrected chi connectivity index (χ0v) is 11.3. The Balaban J connectivity index is 2.11. The number of nitrogens with zero attached hydrogens (tertiary/aromatic N) is 1. The second-order valence-corrected chi connectivity index (χ2v) is 4.70. The molecule has 0 atom stereocenters. The van der Waals surface area contributed by atoms with Crippen LogP contribution in [0.25, 0.3) is 0 Å². The molecular weight excluding hydrogens is 298 g/mol. The maximum Gasteiger partial charge on any atom is 0.147 e. The molecule has 0 spiro atoms. The van der Waals surface area contributed by atoms with Crippen molar-refractivity contribution in [3.63, 3.8) is 0 Å². The molecule has 0 saturated heterocycles. The van der Waals surface area contributed by atoms with Crippen molar-refractivity contribution in [2.24, 2.45) is 0 Å². The summed E-state index contributed by atoms with van der Waals surface area (Å²) in [5.41, 5.74) is 1.40. The summed E-state index contributed by atoms with van der Waals surface area (Å²) in [4.78, 5) is 3.85. The maximum absolute atomic E-state index is 13.2. The Morgan fingerprint density at radius 1 is 1.17 bits per heavy atom. The summed E-state index contributed by atoms with van der Waals surface area (Å²) in [5, 5.41) is 3.75. The molecule has 0 fully saturated rings. The van der Waals surface area contributed by atoms with Crippen molar-refractivity contribution >= 4 is 40.5 Å². The minimum Gasteiger partial charge on any atom is -0.381 e. The van der Waals surface area contributed by atoms with Gasteiger partial charge < -0.3 is 5.32 Å². The molecule has 0 radical (unpaired) electrons. The molecule has 1 heterocycles. The van der Waals surface area contributed by atoms with Crippen molar-refractivity contribution in [2.45, 2.75) is 6.54 Å². The number of anilines is 1. The molecule has 18 heavy (non-hydrogen) atoms. The van der Waals surface area contributed by atoms with Crippen molar-refractivity contribution in [3.05, 3.63) is 57.0 Å². The van der Waals surface area contributed by atoms with E-state index in [0.29, 0.717) is 17.3 Å². The third-order valence-electron chi connectivity index (χ3n) is 2.33. The SMILES string of the molecule is Fc1cc(NCc2ccnc(Cl)c2Cl)ccc1Cl. The van der Waals surface area contributed by atoms with Gasteiger partial charge in [0.05, 0.1) is 10.0 Å². The second-order valence-electron chi connectivity index (χ2n) is 3.56. The fourth-order valence-corrected chi connectivity index (χ4v) is 1.87. The van der Waals surface area contributed by atoms with Crippen LogP contribution in [-0.2, 0) is 6.54 Å². The van der Waals surface area contributed by atoms with E-state index in [2.05, 4.69) is 10.3 Å². The summed E-state index contributed by atoms with van der Waals surface area (Å²) in [6, 6.07) is 6.23. The van der Waals surface area contributed by atoms with Gasteiger partial charge in [0.2, 0.25) is 0 Å². The zero-order chi connectivity index (χ0) is 13.1. The van der Waals surface area contributed by atoms with E-state index in [1.807, 2.05) is 0 Å². The lowest BCUT2D eigenvalue weighted by molar-refractivity contribution is 0.628. The highest BCUT2D eigenvalue weighted by molar-refractivity contribution is 6.41. The van der Waals surface area contributed by atoms with E-state index in [4.69, 9.17) is 34.8 Å². The maximum atomic E-state index is 13.2. The Morgan fingerprint density at radius 2 is 1.94 bits per heavy atom. The van der Waals surface area contributed by atoms with Crippen LogP contribution in [0.5, 0.6) is 0 Å². The standard InChI is InChI=1S/C12H8Cl3FN2/c13-9-2-1-8(5-10(9)16)18-6-7-3-4-17-12(15)11(7)14/h1-5,18H,6H2. The second kappa shape index (κ2) is 5.74. The molecule has 94 valence electrons. The molecule has 0 aliphatic heterocycles. The molecular formula is C12H8Cl3FN2. The minimum absolute atomic E-state index is 0.0885. The molecule has 6 heteroatoms. The summed E-state index contributed by atoms with van der Waals surface area (Å²) >= 11 is 17.4. The van der Waals surface area contributed by atoms with E-state index in [1.165, 1.54) is 12.1 Å². The quantitative estimate of drug-likeness (QED) is 0.824. The topological polar surface area (TPSA) is 24.9 Å². The molecule has 0 unspecified atom stereocenters. The number of halogens is 4. The van der Waals surface area contributed by atoms with Crippen LogP contribution in [0.4, 0.5) is 10.1 Å². The normalized spacial score (nSPS) is 10.4. The molecule has 0 amide bonds. The van der Waals surface area contributed by atoms with Gasteiger partial charge in [0.1, 0.15) is 11.0 Å². The average molecular weight is 306 g/mol. The molecule has 0 saturated carbocycles.